The minimum Gasteiger partial charge on any atom is -0.315 e. The third kappa shape index (κ3) is 2.94. The van der Waals surface area contributed by atoms with Crippen molar-refractivity contribution in [2.24, 2.45) is 0 Å². The van der Waals surface area contributed by atoms with Gasteiger partial charge >= 0.3 is 0 Å². The van der Waals surface area contributed by atoms with Gasteiger partial charge in [-0.05, 0) is 52.9 Å². The molecule has 0 radical (unpaired) electrons. The molecule has 3 nitrogen and oxygen atoms in total. The van der Waals surface area contributed by atoms with Crippen molar-refractivity contribution in [2.45, 2.75) is 12.8 Å². The Balaban J connectivity index is 1.72. The highest BCUT2D eigenvalue weighted by Gasteiger charge is 2.23. The first kappa shape index (κ1) is 18.4. The van der Waals surface area contributed by atoms with E-state index in [-0.39, 0.29) is 0 Å². The number of hydrogen-bond acceptors (Lipinski definition) is 1. The zero-order valence-electron chi connectivity index (χ0n) is 15.0. The third-order valence-electron chi connectivity index (χ3n) is 5.23. The van der Waals surface area contributed by atoms with Crippen LogP contribution in [0.5, 0.6) is 0 Å². The van der Waals surface area contributed by atoms with E-state index in [1.165, 1.54) is 21.9 Å². The van der Waals surface area contributed by atoms with Gasteiger partial charge in [0.1, 0.15) is 0 Å². The summed E-state index contributed by atoms with van der Waals surface area (Å²) in [4.78, 5) is 3.60. The van der Waals surface area contributed by atoms with Crippen LogP contribution >= 0.6 is 34.8 Å². The first-order valence-electron chi connectivity index (χ1n) is 8.63. The first-order chi connectivity index (χ1) is 12.9. The molecule has 0 fully saturated rings. The van der Waals surface area contributed by atoms with Crippen LogP contribution in [0.1, 0.15) is 11.1 Å². The highest BCUT2D eigenvalue weighted by molar-refractivity contribution is 6.49. The molecule has 1 aliphatic rings. The molecule has 0 atom stereocenters. The molecule has 0 bridgehead atoms. The smallest absolute Gasteiger partial charge is 0.202 e. The molecule has 0 spiro atoms. The Hall–Kier alpha value is -1.94. The number of aryl methyl sites for hydroxylation is 2. The maximum Gasteiger partial charge on any atom is 0.202 e. The number of nitrogens with zero attached hydrogens (tertiary/aromatic N) is 2. The highest BCUT2D eigenvalue weighted by atomic mass is 35.5. The molecule has 3 aromatic carbocycles. The molecule has 0 saturated heterocycles. The van der Waals surface area contributed by atoms with Crippen LogP contribution in [-0.2, 0) is 12.8 Å². The quantitative estimate of drug-likeness (QED) is 0.296. The van der Waals surface area contributed by atoms with E-state index in [4.69, 9.17) is 40.2 Å². The van der Waals surface area contributed by atoms with Gasteiger partial charge in [0.15, 0.2) is 0 Å². The topological polar surface area (TPSA) is 30.3 Å². The summed E-state index contributed by atoms with van der Waals surface area (Å²) in [5.74, 6) is 0.301. The van der Waals surface area contributed by atoms with Crippen molar-refractivity contribution in [3.63, 3.8) is 0 Å². The Labute approximate surface area is 173 Å². The summed E-state index contributed by atoms with van der Waals surface area (Å²) in [5.41, 5.74) is 4.36. The van der Waals surface area contributed by atoms with Gasteiger partial charge in [-0.1, -0.05) is 59.1 Å². The van der Waals surface area contributed by atoms with Crippen molar-refractivity contribution < 1.29 is 0 Å². The van der Waals surface area contributed by atoms with Crippen molar-refractivity contribution in [1.82, 2.24) is 0 Å². The van der Waals surface area contributed by atoms with E-state index in [2.05, 4.69) is 30.3 Å². The van der Waals surface area contributed by atoms with Gasteiger partial charge < -0.3 is 9.80 Å². The van der Waals surface area contributed by atoms with Crippen molar-refractivity contribution in [3.8, 4) is 0 Å². The van der Waals surface area contributed by atoms with Crippen LogP contribution in [0, 0.1) is 5.41 Å². The number of rotatable bonds is 2. The Morgan fingerprint density at radius 2 is 1.56 bits per heavy atom. The Kier molecular flexibility index (Phi) is 4.71. The first-order valence-corrected chi connectivity index (χ1v) is 9.76. The number of halogens is 3. The van der Waals surface area contributed by atoms with E-state index in [9.17, 15) is 0 Å². The van der Waals surface area contributed by atoms with E-state index >= 15 is 0 Å². The fourth-order valence-corrected chi connectivity index (χ4v) is 4.44. The summed E-state index contributed by atoms with van der Waals surface area (Å²) in [7, 11) is 3.71. The zero-order chi connectivity index (χ0) is 19.3. The molecule has 0 amide bonds. The van der Waals surface area contributed by atoms with Crippen LogP contribution in [0.4, 0.5) is 11.4 Å². The lowest BCUT2D eigenvalue weighted by Crippen LogP contribution is -2.40. The van der Waals surface area contributed by atoms with Gasteiger partial charge in [-0.2, -0.15) is 0 Å². The molecule has 0 aromatic heterocycles. The molecular formula is C21H18Cl3N3. The summed E-state index contributed by atoms with van der Waals surface area (Å²) in [6.07, 6.45) is 2.03. The van der Waals surface area contributed by atoms with E-state index in [0.29, 0.717) is 26.7 Å². The second-order valence-electron chi connectivity index (χ2n) is 6.71. The SMILES string of the molecule is CN(C(=N)N(C)c1ccc2cccc3c2c1CC3)c1ccc(Cl)c(Cl)c1Cl. The molecule has 0 unspecified atom stereocenters. The average Bonchev–Trinajstić information content (AvgIpc) is 3.11. The average molecular weight is 419 g/mol. The standard InChI is InChI=1S/C21H18Cl3N3/c1-26(21(25)27(2)17-11-9-15(22)19(23)20(17)24)16-10-7-13-5-3-4-12-6-8-14(16)18(12)13/h3-5,7,9-11,25H,6,8H2,1-2H3. The van der Waals surface area contributed by atoms with E-state index in [1.54, 1.807) is 24.1 Å². The monoisotopic (exact) mass is 417 g/mol. The fraction of sp³-hybridized carbons (Fsp3) is 0.190. The Morgan fingerprint density at radius 1 is 0.852 bits per heavy atom. The van der Waals surface area contributed by atoms with Crippen LogP contribution in [0.15, 0.2) is 42.5 Å². The van der Waals surface area contributed by atoms with Crippen LogP contribution in [0.2, 0.25) is 15.1 Å². The van der Waals surface area contributed by atoms with Crippen molar-refractivity contribution in [1.29, 1.82) is 5.41 Å². The largest absolute Gasteiger partial charge is 0.315 e. The van der Waals surface area contributed by atoms with Gasteiger partial charge in [-0.25, -0.2) is 0 Å². The third-order valence-corrected chi connectivity index (χ3v) is 6.52. The van der Waals surface area contributed by atoms with E-state index < -0.39 is 0 Å². The lowest BCUT2D eigenvalue weighted by molar-refractivity contribution is 1.01. The number of nitrogens with one attached hydrogen (secondary N) is 1. The molecule has 6 heteroatoms. The van der Waals surface area contributed by atoms with Crippen molar-refractivity contribution in [2.75, 3.05) is 23.9 Å². The maximum absolute atomic E-state index is 8.71. The Bertz CT molecular complexity index is 1080. The van der Waals surface area contributed by atoms with Crippen LogP contribution in [0.25, 0.3) is 10.8 Å². The molecule has 0 aliphatic heterocycles. The second kappa shape index (κ2) is 6.90. The lowest BCUT2D eigenvalue weighted by Gasteiger charge is -2.30. The molecule has 1 aliphatic carbocycles. The molecule has 138 valence electrons. The fourth-order valence-electron chi connectivity index (χ4n) is 3.79. The normalized spacial score (nSPS) is 12.5. The van der Waals surface area contributed by atoms with Crippen molar-refractivity contribution in [3.05, 3.63) is 68.7 Å². The molecule has 27 heavy (non-hydrogen) atoms. The number of guanidine groups is 1. The summed E-state index contributed by atoms with van der Waals surface area (Å²) in [6.45, 7) is 0. The zero-order valence-corrected chi connectivity index (χ0v) is 17.3. The van der Waals surface area contributed by atoms with Gasteiger partial charge in [0.25, 0.3) is 0 Å². The molecule has 4 rings (SSSR count). The minimum absolute atomic E-state index is 0.298. The minimum atomic E-state index is 0.298. The van der Waals surface area contributed by atoms with Crippen LogP contribution in [-0.4, -0.2) is 20.1 Å². The van der Waals surface area contributed by atoms with E-state index in [1.807, 2.05) is 11.9 Å². The van der Waals surface area contributed by atoms with Gasteiger partial charge in [-0.3, -0.25) is 5.41 Å². The number of benzene rings is 3. The lowest BCUT2D eigenvalue weighted by atomic mass is 10.0. The molecular weight excluding hydrogens is 401 g/mol. The van der Waals surface area contributed by atoms with Crippen LogP contribution in [0.3, 0.4) is 0 Å². The van der Waals surface area contributed by atoms with E-state index in [0.717, 1.165) is 18.5 Å². The summed E-state index contributed by atoms with van der Waals surface area (Å²) >= 11 is 18.6. The van der Waals surface area contributed by atoms with Gasteiger partial charge in [-0.15, -0.1) is 0 Å². The summed E-state index contributed by atoms with van der Waals surface area (Å²) in [6, 6.07) is 14.1. The Morgan fingerprint density at radius 3 is 2.33 bits per heavy atom. The predicted octanol–water partition coefficient (Wildman–Crippen LogP) is 6.41. The van der Waals surface area contributed by atoms with Crippen LogP contribution < -0.4 is 9.80 Å². The molecule has 0 saturated carbocycles. The van der Waals surface area contributed by atoms with Crippen molar-refractivity contribution >= 4 is 62.9 Å². The van der Waals surface area contributed by atoms with Gasteiger partial charge in [0, 0.05) is 19.8 Å². The summed E-state index contributed by atoms with van der Waals surface area (Å²) in [5, 5.41) is 12.3. The highest BCUT2D eigenvalue weighted by Crippen LogP contribution is 2.39. The number of anilines is 2. The number of hydrogen-bond donors (Lipinski definition) is 1. The molecule has 0 heterocycles. The summed E-state index contributed by atoms with van der Waals surface area (Å²) < 4.78 is 0. The molecule has 3 aromatic rings. The maximum atomic E-state index is 8.71. The predicted molar refractivity (Wildman–Crippen MR) is 117 cm³/mol. The van der Waals surface area contributed by atoms with Gasteiger partial charge in [0.05, 0.1) is 20.8 Å². The van der Waals surface area contributed by atoms with Gasteiger partial charge in [0.2, 0.25) is 5.96 Å². The molecule has 1 N–H and O–H groups in total. The second-order valence-corrected chi connectivity index (χ2v) is 7.88.